The van der Waals surface area contributed by atoms with E-state index in [1.807, 2.05) is 31.2 Å². The van der Waals surface area contributed by atoms with Crippen molar-refractivity contribution in [1.29, 1.82) is 0 Å². The Kier molecular flexibility index (Phi) is 5.47. The molecule has 1 aromatic carbocycles. The summed E-state index contributed by atoms with van der Waals surface area (Å²) in [5.74, 6) is 1.27. The zero-order chi connectivity index (χ0) is 14.4. The molecule has 1 aliphatic rings. The largest absolute Gasteiger partial charge is 0.355 e. The van der Waals surface area contributed by atoms with Gasteiger partial charge in [0.1, 0.15) is 0 Å². The van der Waals surface area contributed by atoms with Crippen LogP contribution in [0.4, 0.5) is 5.69 Å². The van der Waals surface area contributed by atoms with Crippen molar-refractivity contribution < 1.29 is 9.59 Å². The number of benzene rings is 1. The second-order valence-corrected chi connectivity index (χ2v) is 6.14. The molecule has 20 heavy (non-hydrogen) atoms. The Morgan fingerprint density at radius 1 is 1.25 bits per heavy atom. The van der Waals surface area contributed by atoms with Crippen molar-refractivity contribution in [3.05, 3.63) is 29.8 Å². The summed E-state index contributed by atoms with van der Waals surface area (Å²) in [5, 5.41) is 5.71. The Morgan fingerprint density at radius 3 is 2.70 bits per heavy atom. The molecule has 1 aromatic rings. The SMILES string of the molecule is Cc1cccc(NC(=O)CSCC(=O)NCC2CC2)c1. The normalized spacial score (nSPS) is 13.8. The first-order valence-corrected chi connectivity index (χ1v) is 8.00. The van der Waals surface area contributed by atoms with Crippen molar-refractivity contribution in [2.45, 2.75) is 19.8 Å². The summed E-state index contributed by atoms with van der Waals surface area (Å²) in [6.45, 7) is 2.77. The highest BCUT2D eigenvalue weighted by atomic mass is 32.2. The minimum absolute atomic E-state index is 0.0188. The fraction of sp³-hybridized carbons (Fsp3) is 0.467. The van der Waals surface area contributed by atoms with E-state index in [4.69, 9.17) is 0 Å². The van der Waals surface area contributed by atoms with Crippen molar-refractivity contribution >= 4 is 29.3 Å². The average molecular weight is 292 g/mol. The van der Waals surface area contributed by atoms with Crippen LogP contribution in [0, 0.1) is 12.8 Å². The van der Waals surface area contributed by atoms with Crippen molar-refractivity contribution in [3.63, 3.8) is 0 Å². The number of rotatable bonds is 7. The molecule has 2 amide bonds. The summed E-state index contributed by atoms with van der Waals surface area (Å²) >= 11 is 1.34. The molecule has 4 nitrogen and oxygen atoms in total. The lowest BCUT2D eigenvalue weighted by Gasteiger charge is -2.06. The number of anilines is 1. The molecule has 2 rings (SSSR count). The van der Waals surface area contributed by atoms with Gasteiger partial charge in [-0.05, 0) is 43.4 Å². The van der Waals surface area contributed by atoms with Crippen LogP contribution in [0.25, 0.3) is 0 Å². The molecule has 0 radical (unpaired) electrons. The molecule has 0 aromatic heterocycles. The van der Waals surface area contributed by atoms with E-state index < -0.39 is 0 Å². The molecule has 0 bridgehead atoms. The van der Waals surface area contributed by atoms with Gasteiger partial charge in [0.25, 0.3) is 0 Å². The molecule has 1 fully saturated rings. The Morgan fingerprint density at radius 2 is 2.00 bits per heavy atom. The van der Waals surface area contributed by atoms with Crippen LogP contribution in [-0.4, -0.2) is 29.9 Å². The average Bonchev–Trinajstić information content (AvgIpc) is 3.20. The van der Waals surface area contributed by atoms with E-state index >= 15 is 0 Å². The third-order valence-electron chi connectivity index (χ3n) is 3.05. The summed E-state index contributed by atoms with van der Waals surface area (Å²) in [5.41, 5.74) is 1.91. The Hall–Kier alpha value is -1.49. The monoisotopic (exact) mass is 292 g/mol. The molecule has 0 saturated heterocycles. The number of nitrogens with one attached hydrogen (secondary N) is 2. The summed E-state index contributed by atoms with van der Waals surface area (Å²) in [4.78, 5) is 23.2. The smallest absolute Gasteiger partial charge is 0.234 e. The topological polar surface area (TPSA) is 58.2 Å². The van der Waals surface area contributed by atoms with Crippen LogP contribution in [0.5, 0.6) is 0 Å². The van der Waals surface area contributed by atoms with Crippen LogP contribution in [0.2, 0.25) is 0 Å². The van der Waals surface area contributed by atoms with Gasteiger partial charge < -0.3 is 10.6 Å². The minimum Gasteiger partial charge on any atom is -0.355 e. The third-order valence-corrected chi connectivity index (χ3v) is 3.99. The van der Waals surface area contributed by atoms with Crippen molar-refractivity contribution in [2.75, 3.05) is 23.4 Å². The second-order valence-electron chi connectivity index (χ2n) is 5.16. The fourth-order valence-corrected chi connectivity index (χ4v) is 2.43. The van der Waals surface area contributed by atoms with Gasteiger partial charge in [0, 0.05) is 12.2 Å². The van der Waals surface area contributed by atoms with Gasteiger partial charge >= 0.3 is 0 Å². The zero-order valence-electron chi connectivity index (χ0n) is 11.6. The van der Waals surface area contributed by atoms with Gasteiger partial charge in [0.05, 0.1) is 11.5 Å². The van der Waals surface area contributed by atoms with Gasteiger partial charge in [0.15, 0.2) is 0 Å². The number of amides is 2. The van der Waals surface area contributed by atoms with E-state index in [0.717, 1.165) is 17.8 Å². The van der Waals surface area contributed by atoms with E-state index in [1.54, 1.807) is 0 Å². The lowest BCUT2D eigenvalue weighted by molar-refractivity contribution is -0.118. The molecule has 5 heteroatoms. The predicted octanol–water partition coefficient (Wildman–Crippen LogP) is 2.19. The number of hydrogen-bond acceptors (Lipinski definition) is 3. The molecule has 2 N–H and O–H groups in total. The van der Waals surface area contributed by atoms with E-state index in [-0.39, 0.29) is 11.8 Å². The van der Waals surface area contributed by atoms with Crippen molar-refractivity contribution in [1.82, 2.24) is 5.32 Å². The van der Waals surface area contributed by atoms with Gasteiger partial charge in [-0.2, -0.15) is 0 Å². The van der Waals surface area contributed by atoms with E-state index in [0.29, 0.717) is 17.4 Å². The molecule has 0 unspecified atom stereocenters. The standard InChI is InChI=1S/C15H20N2O2S/c1-11-3-2-4-13(7-11)17-15(19)10-20-9-14(18)16-8-12-5-6-12/h2-4,7,12H,5-6,8-10H2,1H3,(H,16,18)(H,17,19). The molecule has 0 aliphatic heterocycles. The summed E-state index contributed by atoms with van der Waals surface area (Å²) < 4.78 is 0. The first-order valence-electron chi connectivity index (χ1n) is 6.84. The Bertz CT molecular complexity index is 487. The van der Waals surface area contributed by atoms with Crippen LogP contribution in [0.3, 0.4) is 0 Å². The first-order chi connectivity index (χ1) is 9.63. The lowest BCUT2D eigenvalue weighted by Crippen LogP contribution is -2.27. The van der Waals surface area contributed by atoms with E-state index in [2.05, 4.69) is 10.6 Å². The maximum Gasteiger partial charge on any atom is 0.234 e. The molecule has 0 spiro atoms. The Balaban J connectivity index is 1.60. The minimum atomic E-state index is -0.0735. The number of carbonyl (C=O) groups excluding carboxylic acids is 2. The highest BCUT2D eigenvalue weighted by Gasteiger charge is 2.21. The van der Waals surface area contributed by atoms with E-state index in [1.165, 1.54) is 24.6 Å². The summed E-state index contributed by atoms with van der Waals surface area (Å²) in [6, 6.07) is 7.67. The van der Waals surface area contributed by atoms with Gasteiger partial charge in [-0.25, -0.2) is 0 Å². The highest BCUT2D eigenvalue weighted by molar-refractivity contribution is 8.00. The third kappa shape index (κ3) is 5.65. The molecular weight excluding hydrogens is 272 g/mol. The van der Waals surface area contributed by atoms with Crippen LogP contribution >= 0.6 is 11.8 Å². The van der Waals surface area contributed by atoms with Crippen molar-refractivity contribution in [3.8, 4) is 0 Å². The number of aryl methyl sites for hydroxylation is 1. The zero-order valence-corrected chi connectivity index (χ0v) is 12.5. The maximum absolute atomic E-state index is 11.7. The number of carbonyl (C=O) groups is 2. The van der Waals surface area contributed by atoms with Crippen LogP contribution in [0.1, 0.15) is 18.4 Å². The predicted molar refractivity (Wildman–Crippen MR) is 82.9 cm³/mol. The van der Waals surface area contributed by atoms with Gasteiger partial charge in [-0.15, -0.1) is 11.8 Å². The van der Waals surface area contributed by atoms with E-state index in [9.17, 15) is 9.59 Å². The van der Waals surface area contributed by atoms with Gasteiger partial charge in [-0.3, -0.25) is 9.59 Å². The number of hydrogen-bond donors (Lipinski definition) is 2. The molecule has 108 valence electrons. The summed E-state index contributed by atoms with van der Waals surface area (Å²) in [7, 11) is 0. The quantitative estimate of drug-likeness (QED) is 0.810. The highest BCUT2D eigenvalue weighted by Crippen LogP contribution is 2.27. The molecule has 0 heterocycles. The molecule has 0 atom stereocenters. The molecule has 1 aliphatic carbocycles. The summed E-state index contributed by atoms with van der Waals surface area (Å²) in [6.07, 6.45) is 2.46. The fourth-order valence-electron chi connectivity index (χ4n) is 1.79. The maximum atomic E-state index is 11.7. The first kappa shape index (κ1) is 14.9. The van der Waals surface area contributed by atoms with Crippen molar-refractivity contribution in [2.24, 2.45) is 5.92 Å². The molecule has 1 saturated carbocycles. The van der Waals surface area contributed by atoms with Gasteiger partial charge in [0.2, 0.25) is 11.8 Å². The Labute approximate surface area is 123 Å². The molecular formula is C15H20N2O2S. The van der Waals surface area contributed by atoms with Gasteiger partial charge in [-0.1, -0.05) is 12.1 Å². The second kappa shape index (κ2) is 7.33. The number of thioether (sulfide) groups is 1. The van der Waals surface area contributed by atoms with Crippen LogP contribution in [0.15, 0.2) is 24.3 Å². The lowest BCUT2D eigenvalue weighted by atomic mass is 10.2. The van der Waals surface area contributed by atoms with Crippen LogP contribution in [-0.2, 0) is 9.59 Å². The van der Waals surface area contributed by atoms with Crippen LogP contribution < -0.4 is 10.6 Å².